The van der Waals surface area contributed by atoms with Gasteiger partial charge in [0.2, 0.25) is 5.91 Å². The van der Waals surface area contributed by atoms with Gasteiger partial charge in [0.15, 0.2) is 0 Å². The molecule has 1 aliphatic rings. The second kappa shape index (κ2) is 7.85. The highest BCUT2D eigenvalue weighted by Gasteiger charge is 2.24. The molecule has 4 rings (SSSR count). The minimum absolute atomic E-state index is 0.0790. The lowest BCUT2D eigenvalue weighted by atomic mass is 10.0. The Bertz CT molecular complexity index is 1040. The number of likely N-dealkylation sites (tertiary alicyclic amines) is 1. The number of aromatic nitrogens is 2. The standard InChI is InChI=1S/C21H24N4O2S/c1-14(26)24(2)16-8-10-25(11-9-16)13-19-22-20(27)17-12-18(28-21(17)23-19)15-6-4-3-5-7-15/h3-7,12,16H,8-11,13H2,1-2H3,(H,22,23,27). The SMILES string of the molecule is CC(=O)N(C)C1CCN(Cc2nc3sc(-c4ccccc4)cc3c(=O)[nH]2)CC1. The number of benzene rings is 1. The average molecular weight is 397 g/mol. The predicted octanol–water partition coefficient (Wildman–Crippen LogP) is 3.09. The summed E-state index contributed by atoms with van der Waals surface area (Å²) in [4.78, 5) is 37.7. The molecule has 1 saturated heterocycles. The monoisotopic (exact) mass is 396 g/mol. The average Bonchev–Trinajstić information content (AvgIpc) is 3.13. The lowest BCUT2D eigenvalue weighted by Gasteiger charge is -2.36. The Morgan fingerprint density at radius 2 is 2.00 bits per heavy atom. The van der Waals surface area contributed by atoms with E-state index in [2.05, 4.69) is 9.88 Å². The number of nitrogens with one attached hydrogen (secondary N) is 1. The third-order valence-electron chi connectivity index (χ3n) is 5.48. The van der Waals surface area contributed by atoms with Gasteiger partial charge in [0.05, 0.1) is 11.9 Å². The van der Waals surface area contributed by atoms with Gasteiger partial charge in [0.1, 0.15) is 10.7 Å². The molecular formula is C21H24N4O2S. The van der Waals surface area contributed by atoms with Gasteiger partial charge in [-0.3, -0.25) is 14.5 Å². The summed E-state index contributed by atoms with van der Waals surface area (Å²) in [6, 6.07) is 12.3. The molecule has 7 heteroatoms. The molecule has 1 amide bonds. The van der Waals surface area contributed by atoms with Crippen molar-refractivity contribution < 1.29 is 4.79 Å². The fraction of sp³-hybridized carbons (Fsp3) is 0.381. The van der Waals surface area contributed by atoms with Crippen LogP contribution in [0.2, 0.25) is 0 Å². The molecule has 6 nitrogen and oxygen atoms in total. The molecule has 0 radical (unpaired) electrons. The lowest BCUT2D eigenvalue weighted by molar-refractivity contribution is -0.130. The number of nitrogens with zero attached hydrogens (tertiary/aromatic N) is 3. The van der Waals surface area contributed by atoms with Crippen molar-refractivity contribution in [2.24, 2.45) is 0 Å². The molecule has 0 aliphatic carbocycles. The largest absolute Gasteiger partial charge is 0.343 e. The fourth-order valence-corrected chi connectivity index (χ4v) is 4.79. The van der Waals surface area contributed by atoms with Crippen LogP contribution in [0.4, 0.5) is 0 Å². The molecular weight excluding hydrogens is 372 g/mol. The molecule has 1 aromatic carbocycles. The summed E-state index contributed by atoms with van der Waals surface area (Å²) in [6.45, 7) is 4.02. The predicted molar refractivity (Wildman–Crippen MR) is 112 cm³/mol. The van der Waals surface area contributed by atoms with Gasteiger partial charge in [0, 0.05) is 38.0 Å². The van der Waals surface area contributed by atoms with Crippen molar-refractivity contribution >= 4 is 27.5 Å². The first-order chi connectivity index (χ1) is 13.5. The van der Waals surface area contributed by atoms with E-state index in [1.165, 1.54) is 0 Å². The molecule has 2 aromatic heterocycles. The number of fused-ring (bicyclic) bond motifs is 1. The van der Waals surface area contributed by atoms with Crippen molar-refractivity contribution in [3.8, 4) is 10.4 Å². The number of rotatable bonds is 4. The molecule has 3 aromatic rings. The van der Waals surface area contributed by atoms with Gasteiger partial charge in [-0.25, -0.2) is 4.98 Å². The van der Waals surface area contributed by atoms with Gasteiger partial charge in [0.25, 0.3) is 5.56 Å². The summed E-state index contributed by atoms with van der Waals surface area (Å²) in [6.07, 6.45) is 1.89. The molecule has 0 atom stereocenters. The zero-order chi connectivity index (χ0) is 19.7. The van der Waals surface area contributed by atoms with Crippen LogP contribution in [0.5, 0.6) is 0 Å². The van der Waals surface area contributed by atoms with E-state index >= 15 is 0 Å². The smallest absolute Gasteiger partial charge is 0.259 e. The molecule has 3 heterocycles. The summed E-state index contributed by atoms with van der Waals surface area (Å²) < 4.78 is 0. The normalized spacial score (nSPS) is 15.8. The first-order valence-electron chi connectivity index (χ1n) is 9.55. The van der Waals surface area contributed by atoms with E-state index in [4.69, 9.17) is 4.98 Å². The maximum atomic E-state index is 12.6. The zero-order valence-corrected chi connectivity index (χ0v) is 17.0. The number of carbonyl (C=O) groups is 1. The molecule has 28 heavy (non-hydrogen) atoms. The molecule has 0 saturated carbocycles. The van der Waals surface area contributed by atoms with Gasteiger partial charge in [-0.15, -0.1) is 11.3 Å². The quantitative estimate of drug-likeness (QED) is 0.736. The summed E-state index contributed by atoms with van der Waals surface area (Å²) in [5, 5.41) is 0.648. The second-order valence-corrected chi connectivity index (χ2v) is 8.38. The number of aromatic amines is 1. The van der Waals surface area contributed by atoms with Crippen LogP contribution in [-0.4, -0.2) is 51.9 Å². The van der Waals surface area contributed by atoms with Crippen molar-refractivity contribution in [3.63, 3.8) is 0 Å². The highest BCUT2D eigenvalue weighted by atomic mass is 32.1. The first-order valence-corrected chi connectivity index (χ1v) is 10.4. The van der Waals surface area contributed by atoms with Crippen LogP contribution in [0.1, 0.15) is 25.6 Å². The van der Waals surface area contributed by atoms with E-state index in [-0.39, 0.29) is 11.5 Å². The van der Waals surface area contributed by atoms with Crippen LogP contribution in [-0.2, 0) is 11.3 Å². The Balaban J connectivity index is 1.49. The highest BCUT2D eigenvalue weighted by molar-refractivity contribution is 7.21. The summed E-state index contributed by atoms with van der Waals surface area (Å²) in [7, 11) is 1.87. The number of amides is 1. The number of hydrogen-bond acceptors (Lipinski definition) is 5. The molecule has 146 valence electrons. The van der Waals surface area contributed by atoms with Gasteiger partial charge >= 0.3 is 0 Å². The minimum atomic E-state index is -0.0790. The zero-order valence-electron chi connectivity index (χ0n) is 16.1. The van der Waals surface area contributed by atoms with Crippen molar-refractivity contribution in [2.45, 2.75) is 32.4 Å². The Kier molecular flexibility index (Phi) is 5.28. The van der Waals surface area contributed by atoms with Crippen molar-refractivity contribution in [1.82, 2.24) is 19.8 Å². The van der Waals surface area contributed by atoms with E-state index < -0.39 is 0 Å². The van der Waals surface area contributed by atoms with Gasteiger partial charge < -0.3 is 9.88 Å². The third-order valence-corrected chi connectivity index (χ3v) is 6.56. The molecule has 0 unspecified atom stereocenters. The molecule has 1 fully saturated rings. The topological polar surface area (TPSA) is 69.3 Å². The van der Waals surface area contributed by atoms with E-state index in [0.29, 0.717) is 23.8 Å². The Morgan fingerprint density at radius 3 is 2.68 bits per heavy atom. The van der Waals surface area contributed by atoms with Crippen LogP contribution in [0, 0.1) is 0 Å². The molecule has 0 bridgehead atoms. The number of carbonyl (C=O) groups excluding carboxylic acids is 1. The van der Waals surface area contributed by atoms with Crippen LogP contribution >= 0.6 is 11.3 Å². The van der Waals surface area contributed by atoms with E-state index in [1.807, 2.05) is 48.3 Å². The van der Waals surface area contributed by atoms with Crippen LogP contribution in [0.3, 0.4) is 0 Å². The highest BCUT2D eigenvalue weighted by Crippen LogP contribution is 2.30. The molecule has 1 aliphatic heterocycles. The Labute approximate surface area is 167 Å². The number of piperidine rings is 1. The molecule has 0 spiro atoms. The van der Waals surface area contributed by atoms with Crippen molar-refractivity contribution in [2.75, 3.05) is 20.1 Å². The number of thiophene rings is 1. The number of hydrogen-bond donors (Lipinski definition) is 1. The minimum Gasteiger partial charge on any atom is -0.343 e. The third kappa shape index (κ3) is 3.86. The Morgan fingerprint density at radius 1 is 1.29 bits per heavy atom. The lowest BCUT2D eigenvalue weighted by Crippen LogP contribution is -2.44. The van der Waals surface area contributed by atoms with Crippen LogP contribution < -0.4 is 5.56 Å². The second-order valence-electron chi connectivity index (χ2n) is 7.35. The molecule has 1 N–H and O–H groups in total. The van der Waals surface area contributed by atoms with Crippen molar-refractivity contribution in [3.05, 3.63) is 52.6 Å². The van der Waals surface area contributed by atoms with Crippen LogP contribution in [0.25, 0.3) is 20.7 Å². The summed E-state index contributed by atoms with van der Waals surface area (Å²) >= 11 is 1.55. The van der Waals surface area contributed by atoms with Crippen LogP contribution in [0.15, 0.2) is 41.2 Å². The first kappa shape index (κ1) is 18.8. The number of H-pyrrole nitrogens is 1. The van der Waals surface area contributed by atoms with E-state index in [1.54, 1.807) is 18.3 Å². The van der Waals surface area contributed by atoms with Gasteiger partial charge in [-0.2, -0.15) is 0 Å². The fourth-order valence-electron chi connectivity index (χ4n) is 3.73. The maximum Gasteiger partial charge on any atom is 0.259 e. The summed E-state index contributed by atoms with van der Waals surface area (Å²) in [5.74, 6) is 0.819. The Hall–Kier alpha value is -2.51. The van der Waals surface area contributed by atoms with E-state index in [0.717, 1.165) is 41.2 Å². The van der Waals surface area contributed by atoms with Gasteiger partial charge in [-0.05, 0) is 24.5 Å². The van der Waals surface area contributed by atoms with E-state index in [9.17, 15) is 9.59 Å². The van der Waals surface area contributed by atoms with Gasteiger partial charge in [-0.1, -0.05) is 30.3 Å². The maximum absolute atomic E-state index is 12.6. The van der Waals surface area contributed by atoms with Crippen molar-refractivity contribution in [1.29, 1.82) is 0 Å². The summed E-state index contributed by atoms with van der Waals surface area (Å²) in [5.41, 5.74) is 1.02.